The topological polar surface area (TPSA) is 29.5 Å². The molecule has 11 heavy (non-hydrogen) atoms. The van der Waals surface area contributed by atoms with E-state index in [0.29, 0.717) is 6.73 Å². The molecule has 1 amide bonds. The number of amides is 1. The molecule has 0 radical (unpaired) electrons. The van der Waals surface area contributed by atoms with E-state index >= 15 is 0 Å². The van der Waals surface area contributed by atoms with E-state index in [2.05, 4.69) is 6.92 Å². The van der Waals surface area contributed by atoms with Gasteiger partial charge in [-0.3, -0.25) is 4.79 Å². The molecule has 1 saturated heterocycles. The maximum Gasteiger partial charge on any atom is 0.250 e. The standard InChI is InChI=1S/C8H15NO2/c1-2-3-4-5-9-7-11-6-8(9)10/h2-7H2,1H3. The van der Waals surface area contributed by atoms with Crippen LogP contribution in [0.4, 0.5) is 0 Å². The molecule has 64 valence electrons. The van der Waals surface area contributed by atoms with Crippen molar-refractivity contribution in [1.82, 2.24) is 4.90 Å². The van der Waals surface area contributed by atoms with E-state index < -0.39 is 0 Å². The molecule has 0 aromatic heterocycles. The van der Waals surface area contributed by atoms with Crippen LogP contribution in [0.2, 0.25) is 0 Å². The predicted molar refractivity (Wildman–Crippen MR) is 42.1 cm³/mol. The van der Waals surface area contributed by atoms with E-state index in [1.165, 1.54) is 12.8 Å². The zero-order valence-corrected chi connectivity index (χ0v) is 7.01. The predicted octanol–water partition coefficient (Wildman–Crippen LogP) is 0.993. The molecule has 0 bridgehead atoms. The summed E-state index contributed by atoms with van der Waals surface area (Å²) in [5.41, 5.74) is 0. The summed E-state index contributed by atoms with van der Waals surface area (Å²) in [5.74, 6) is 0.140. The van der Waals surface area contributed by atoms with Crippen molar-refractivity contribution < 1.29 is 9.53 Å². The van der Waals surface area contributed by atoms with Gasteiger partial charge in [-0.25, -0.2) is 0 Å². The lowest BCUT2D eigenvalue weighted by molar-refractivity contribution is -0.126. The van der Waals surface area contributed by atoms with Crippen molar-refractivity contribution in [3.05, 3.63) is 0 Å². The molecule has 0 spiro atoms. The smallest absolute Gasteiger partial charge is 0.250 e. The summed E-state index contributed by atoms with van der Waals surface area (Å²) in [7, 11) is 0. The van der Waals surface area contributed by atoms with E-state index in [1.54, 1.807) is 4.90 Å². The van der Waals surface area contributed by atoms with Gasteiger partial charge in [-0.1, -0.05) is 19.8 Å². The zero-order chi connectivity index (χ0) is 8.10. The average molecular weight is 157 g/mol. The molecule has 0 saturated carbocycles. The van der Waals surface area contributed by atoms with E-state index in [0.717, 1.165) is 13.0 Å². The first-order valence-corrected chi connectivity index (χ1v) is 4.20. The highest BCUT2D eigenvalue weighted by atomic mass is 16.5. The summed E-state index contributed by atoms with van der Waals surface area (Å²) in [5, 5.41) is 0. The number of hydrogen-bond acceptors (Lipinski definition) is 2. The molecule has 1 rings (SSSR count). The summed E-state index contributed by atoms with van der Waals surface area (Å²) >= 11 is 0. The van der Waals surface area contributed by atoms with Gasteiger partial charge in [0.2, 0.25) is 5.91 Å². The lowest BCUT2D eigenvalue weighted by Gasteiger charge is -2.12. The van der Waals surface area contributed by atoms with Crippen molar-refractivity contribution >= 4 is 5.91 Å². The molecule has 3 nitrogen and oxygen atoms in total. The molecular formula is C8H15NO2. The lowest BCUT2D eigenvalue weighted by Crippen LogP contribution is -2.26. The normalized spacial score (nSPS) is 17.9. The van der Waals surface area contributed by atoms with E-state index in [4.69, 9.17) is 4.74 Å². The Hall–Kier alpha value is -0.570. The molecule has 1 fully saturated rings. The fourth-order valence-corrected chi connectivity index (χ4v) is 1.15. The van der Waals surface area contributed by atoms with Gasteiger partial charge < -0.3 is 9.64 Å². The van der Waals surface area contributed by atoms with Crippen LogP contribution in [0.1, 0.15) is 26.2 Å². The van der Waals surface area contributed by atoms with E-state index in [1.807, 2.05) is 0 Å². The van der Waals surface area contributed by atoms with Gasteiger partial charge in [0, 0.05) is 6.54 Å². The molecule has 0 aromatic rings. The summed E-state index contributed by atoms with van der Waals surface area (Å²) in [6, 6.07) is 0. The Morgan fingerprint density at radius 1 is 1.55 bits per heavy atom. The van der Waals surface area contributed by atoms with Crippen LogP contribution in [0.15, 0.2) is 0 Å². The van der Waals surface area contributed by atoms with Gasteiger partial charge in [0.1, 0.15) is 13.3 Å². The fraction of sp³-hybridized carbons (Fsp3) is 0.875. The number of hydrogen-bond donors (Lipinski definition) is 0. The minimum absolute atomic E-state index is 0.140. The maximum atomic E-state index is 11.0. The SMILES string of the molecule is CCCCCN1COCC1=O. The fourth-order valence-electron chi connectivity index (χ4n) is 1.15. The second kappa shape index (κ2) is 4.34. The molecule has 0 N–H and O–H groups in total. The highest BCUT2D eigenvalue weighted by Gasteiger charge is 2.19. The third kappa shape index (κ3) is 2.50. The van der Waals surface area contributed by atoms with Gasteiger partial charge in [-0.15, -0.1) is 0 Å². The quantitative estimate of drug-likeness (QED) is 0.569. The maximum absolute atomic E-state index is 11.0. The minimum Gasteiger partial charge on any atom is -0.351 e. The zero-order valence-electron chi connectivity index (χ0n) is 7.01. The van der Waals surface area contributed by atoms with Crippen molar-refractivity contribution in [3.63, 3.8) is 0 Å². The first kappa shape index (κ1) is 8.53. The minimum atomic E-state index is 0.140. The molecule has 3 heteroatoms. The first-order valence-electron chi connectivity index (χ1n) is 4.20. The third-order valence-electron chi connectivity index (χ3n) is 1.86. The Kier molecular flexibility index (Phi) is 3.36. The number of rotatable bonds is 4. The van der Waals surface area contributed by atoms with E-state index in [9.17, 15) is 4.79 Å². The second-order valence-corrected chi connectivity index (χ2v) is 2.84. The molecule has 0 unspecified atom stereocenters. The molecule has 1 aliphatic heterocycles. The number of ether oxygens (including phenoxy) is 1. The first-order chi connectivity index (χ1) is 5.34. The summed E-state index contributed by atoms with van der Waals surface area (Å²) in [6.45, 7) is 3.81. The van der Waals surface area contributed by atoms with E-state index in [-0.39, 0.29) is 12.5 Å². The Bertz CT molecular complexity index is 136. The largest absolute Gasteiger partial charge is 0.351 e. The van der Waals surface area contributed by atoms with Crippen LogP contribution in [0.5, 0.6) is 0 Å². The van der Waals surface area contributed by atoms with Crippen molar-refractivity contribution in [3.8, 4) is 0 Å². The van der Waals surface area contributed by atoms with Gasteiger partial charge in [-0.05, 0) is 6.42 Å². The molecular weight excluding hydrogens is 142 g/mol. The number of unbranched alkanes of at least 4 members (excludes halogenated alkanes) is 2. The lowest BCUT2D eigenvalue weighted by atomic mass is 10.2. The molecule has 0 atom stereocenters. The second-order valence-electron chi connectivity index (χ2n) is 2.84. The Labute approximate surface area is 67.3 Å². The van der Waals surface area contributed by atoms with Gasteiger partial charge in [-0.2, -0.15) is 0 Å². The van der Waals surface area contributed by atoms with Crippen LogP contribution in [-0.4, -0.2) is 30.7 Å². The van der Waals surface area contributed by atoms with Gasteiger partial charge in [0.15, 0.2) is 0 Å². The van der Waals surface area contributed by atoms with Crippen LogP contribution >= 0.6 is 0 Å². The Morgan fingerprint density at radius 3 is 2.91 bits per heavy atom. The summed E-state index contributed by atoms with van der Waals surface area (Å²) in [6.07, 6.45) is 3.50. The molecule has 1 aliphatic rings. The van der Waals surface area contributed by atoms with Gasteiger partial charge >= 0.3 is 0 Å². The van der Waals surface area contributed by atoms with Gasteiger partial charge in [0.05, 0.1) is 0 Å². The third-order valence-corrected chi connectivity index (χ3v) is 1.86. The molecule has 0 aliphatic carbocycles. The van der Waals surface area contributed by atoms with Crippen LogP contribution in [0, 0.1) is 0 Å². The highest BCUT2D eigenvalue weighted by molar-refractivity contribution is 5.78. The number of carbonyl (C=O) groups excluding carboxylic acids is 1. The monoisotopic (exact) mass is 157 g/mol. The summed E-state index contributed by atoms with van der Waals surface area (Å²) < 4.78 is 4.98. The Morgan fingerprint density at radius 2 is 2.36 bits per heavy atom. The summed E-state index contributed by atoms with van der Waals surface area (Å²) in [4.78, 5) is 12.7. The average Bonchev–Trinajstić information content (AvgIpc) is 2.37. The van der Waals surface area contributed by atoms with Crippen LogP contribution in [0.3, 0.4) is 0 Å². The van der Waals surface area contributed by atoms with Crippen molar-refractivity contribution in [1.29, 1.82) is 0 Å². The number of carbonyl (C=O) groups is 1. The van der Waals surface area contributed by atoms with Crippen LogP contribution in [0.25, 0.3) is 0 Å². The highest BCUT2D eigenvalue weighted by Crippen LogP contribution is 2.04. The number of nitrogens with zero attached hydrogens (tertiary/aromatic N) is 1. The Balaban J connectivity index is 2.10. The van der Waals surface area contributed by atoms with Crippen molar-refractivity contribution in [2.24, 2.45) is 0 Å². The van der Waals surface area contributed by atoms with Crippen molar-refractivity contribution in [2.45, 2.75) is 26.2 Å². The van der Waals surface area contributed by atoms with Gasteiger partial charge in [0.25, 0.3) is 0 Å². The molecule has 1 heterocycles. The molecule has 0 aromatic carbocycles. The van der Waals surface area contributed by atoms with Crippen LogP contribution < -0.4 is 0 Å². The van der Waals surface area contributed by atoms with Crippen molar-refractivity contribution in [2.75, 3.05) is 19.9 Å². The van der Waals surface area contributed by atoms with Crippen LogP contribution in [-0.2, 0) is 9.53 Å².